The van der Waals surface area contributed by atoms with E-state index < -0.39 is 30.1 Å². The van der Waals surface area contributed by atoms with Crippen molar-refractivity contribution in [3.8, 4) is 0 Å². The number of hydrogen-bond donors (Lipinski definition) is 3. The van der Waals surface area contributed by atoms with Gasteiger partial charge in [-0.15, -0.1) is 0 Å². The molecule has 116 valence electrons. The van der Waals surface area contributed by atoms with E-state index >= 15 is 0 Å². The molecule has 1 saturated carbocycles. The van der Waals surface area contributed by atoms with Crippen LogP contribution in [0.5, 0.6) is 0 Å². The average molecular weight is 296 g/mol. The van der Waals surface area contributed by atoms with Gasteiger partial charge in [-0.05, 0) is 32.1 Å². The number of carboxylic acids is 1. The molecule has 0 aromatic carbocycles. The quantitative estimate of drug-likeness (QED) is 0.744. The molecule has 0 heterocycles. The van der Waals surface area contributed by atoms with Gasteiger partial charge in [0.2, 0.25) is 0 Å². The van der Waals surface area contributed by atoms with E-state index in [2.05, 4.69) is 5.32 Å². The van der Waals surface area contributed by atoms with Crippen LogP contribution in [0.2, 0.25) is 0 Å². The van der Waals surface area contributed by atoms with E-state index in [1.165, 1.54) is 6.92 Å². The highest BCUT2D eigenvalue weighted by Crippen LogP contribution is 2.25. The predicted octanol–water partition coefficient (Wildman–Crippen LogP) is 2.27. The highest BCUT2D eigenvalue weighted by molar-refractivity contribution is 5.75. The maximum Gasteiger partial charge on any atom is 0.408 e. The summed E-state index contributed by atoms with van der Waals surface area (Å²) in [6.07, 6.45) is -2.91. The van der Waals surface area contributed by atoms with E-state index in [9.17, 15) is 22.8 Å². The lowest BCUT2D eigenvalue weighted by Gasteiger charge is -2.28. The predicted molar refractivity (Wildman–Crippen MR) is 65.2 cm³/mol. The molecule has 1 fully saturated rings. The minimum Gasteiger partial charge on any atom is -0.481 e. The van der Waals surface area contributed by atoms with Gasteiger partial charge in [0.15, 0.2) is 0 Å². The molecule has 3 N–H and O–H groups in total. The van der Waals surface area contributed by atoms with E-state index in [1.54, 1.807) is 0 Å². The Hall–Kier alpha value is -1.47. The summed E-state index contributed by atoms with van der Waals surface area (Å²) in [5.41, 5.74) is 0. The van der Waals surface area contributed by atoms with Gasteiger partial charge in [0, 0.05) is 6.04 Å². The highest BCUT2D eigenvalue weighted by atomic mass is 19.4. The first kappa shape index (κ1) is 16.6. The molecule has 20 heavy (non-hydrogen) atoms. The number of alkyl halides is 3. The second kappa shape index (κ2) is 6.81. The second-order valence-corrected chi connectivity index (χ2v) is 5.01. The smallest absolute Gasteiger partial charge is 0.408 e. The summed E-state index contributed by atoms with van der Waals surface area (Å²) in [4.78, 5) is 22.3. The van der Waals surface area contributed by atoms with Crippen LogP contribution < -0.4 is 10.6 Å². The van der Waals surface area contributed by atoms with Crippen LogP contribution in [-0.2, 0) is 4.79 Å². The molecule has 1 rings (SSSR count). The summed E-state index contributed by atoms with van der Waals surface area (Å²) < 4.78 is 37.5. The number of urea groups is 1. The minimum absolute atomic E-state index is 0.233. The van der Waals surface area contributed by atoms with Crippen LogP contribution in [-0.4, -0.2) is 35.4 Å². The maximum atomic E-state index is 12.5. The van der Waals surface area contributed by atoms with Crippen LogP contribution in [0, 0.1) is 5.92 Å². The number of amides is 2. The van der Waals surface area contributed by atoms with Gasteiger partial charge in [0.1, 0.15) is 6.04 Å². The topological polar surface area (TPSA) is 78.4 Å². The van der Waals surface area contributed by atoms with Crippen LogP contribution in [0.15, 0.2) is 0 Å². The molecule has 0 aromatic heterocycles. The Kier molecular flexibility index (Phi) is 5.64. The third-order valence-electron chi connectivity index (χ3n) is 3.52. The van der Waals surface area contributed by atoms with E-state index in [1.807, 2.05) is 5.32 Å². The van der Waals surface area contributed by atoms with Crippen LogP contribution >= 0.6 is 0 Å². The Bertz CT molecular complexity index is 352. The van der Waals surface area contributed by atoms with Gasteiger partial charge < -0.3 is 15.7 Å². The summed E-state index contributed by atoms with van der Waals surface area (Å²) in [6, 6.07) is -2.98. The van der Waals surface area contributed by atoms with Crippen molar-refractivity contribution in [1.29, 1.82) is 0 Å². The van der Waals surface area contributed by atoms with Gasteiger partial charge >= 0.3 is 18.2 Å². The SMILES string of the molecule is CC[C@H](NC(=O)NC1CCC(C(=O)O)CC1)C(F)(F)F. The monoisotopic (exact) mass is 296 g/mol. The zero-order chi connectivity index (χ0) is 15.3. The zero-order valence-corrected chi connectivity index (χ0v) is 11.2. The van der Waals surface area contributed by atoms with Crippen molar-refractivity contribution in [3.05, 3.63) is 0 Å². The molecule has 1 aliphatic rings. The molecule has 0 spiro atoms. The molecule has 0 unspecified atom stereocenters. The molecule has 0 radical (unpaired) electrons. The van der Waals surface area contributed by atoms with Crippen molar-refractivity contribution in [3.63, 3.8) is 0 Å². The van der Waals surface area contributed by atoms with Gasteiger partial charge in [-0.1, -0.05) is 6.92 Å². The summed E-state index contributed by atoms with van der Waals surface area (Å²) in [5, 5.41) is 13.2. The molecule has 5 nitrogen and oxygen atoms in total. The van der Waals surface area contributed by atoms with E-state index in [0.29, 0.717) is 25.7 Å². The first-order valence-corrected chi connectivity index (χ1v) is 6.60. The van der Waals surface area contributed by atoms with Crippen molar-refractivity contribution in [2.24, 2.45) is 5.92 Å². The summed E-state index contributed by atoms with van der Waals surface area (Å²) >= 11 is 0. The molecule has 0 aliphatic heterocycles. The van der Waals surface area contributed by atoms with Crippen molar-refractivity contribution >= 4 is 12.0 Å². The Morgan fingerprint density at radius 2 is 1.80 bits per heavy atom. The molecule has 1 aliphatic carbocycles. The lowest BCUT2D eigenvalue weighted by molar-refractivity contribution is -0.153. The van der Waals surface area contributed by atoms with Crippen LogP contribution in [0.25, 0.3) is 0 Å². The first-order valence-electron chi connectivity index (χ1n) is 6.60. The molecular weight excluding hydrogens is 277 g/mol. The number of rotatable bonds is 4. The number of carbonyl (C=O) groups is 2. The maximum absolute atomic E-state index is 12.5. The number of aliphatic carboxylic acids is 1. The Morgan fingerprint density at radius 3 is 2.20 bits per heavy atom. The molecule has 2 amide bonds. The standard InChI is InChI=1S/C12H19F3N2O3/c1-2-9(12(13,14)15)17-11(20)16-8-5-3-7(4-6-8)10(18)19/h7-9H,2-6H2,1H3,(H,18,19)(H2,16,17,20)/t7?,8?,9-/m0/s1. The fraction of sp³-hybridized carbons (Fsp3) is 0.833. The van der Waals surface area contributed by atoms with Gasteiger partial charge in [-0.3, -0.25) is 4.79 Å². The van der Waals surface area contributed by atoms with Crippen molar-refractivity contribution in [2.45, 2.75) is 57.3 Å². The summed E-state index contributed by atoms with van der Waals surface area (Å²) in [5.74, 6) is -1.29. The number of nitrogens with one attached hydrogen (secondary N) is 2. The number of halogens is 3. The minimum atomic E-state index is -4.47. The summed E-state index contributed by atoms with van der Waals surface area (Å²) in [6.45, 7) is 1.34. The summed E-state index contributed by atoms with van der Waals surface area (Å²) in [7, 11) is 0. The van der Waals surface area contributed by atoms with Crippen LogP contribution in [0.1, 0.15) is 39.0 Å². The number of carboxylic acid groups (broad SMARTS) is 1. The Balaban J connectivity index is 2.38. The van der Waals surface area contributed by atoms with Crippen molar-refractivity contribution in [1.82, 2.24) is 10.6 Å². The Labute approximate surface area is 114 Å². The molecule has 8 heteroatoms. The van der Waals surface area contributed by atoms with Gasteiger partial charge in [-0.25, -0.2) is 4.79 Å². The molecular formula is C12H19F3N2O3. The highest BCUT2D eigenvalue weighted by Gasteiger charge is 2.39. The first-order chi connectivity index (χ1) is 9.24. The van der Waals surface area contributed by atoms with Gasteiger partial charge in [0.25, 0.3) is 0 Å². The fourth-order valence-corrected chi connectivity index (χ4v) is 2.29. The van der Waals surface area contributed by atoms with Gasteiger partial charge in [0.05, 0.1) is 5.92 Å². The lowest BCUT2D eigenvalue weighted by Crippen LogP contribution is -2.51. The average Bonchev–Trinajstić information content (AvgIpc) is 2.35. The molecule has 0 saturated heterocycles. The van der Waals surface area contributed by atoms with E-state index in [-0.39, 0.29) is 12.5 Å². The second-order valence-electron chi connectivity index (χ2n) is 5.01. The number of carbonyl (C=O) groups excluding carboxylic acids is 1. The lowest BCUT2D eigenvalue weighted by atomic mass is 9.86. The zero-order valence-electron chi connectivity index (χ0n) is 11.2. The van der Waals surface area contributed by atoms with Crippen molar-refractivity contribution < 1.29 is 27.9 Å². The molecule has 1 atom stereocenters. The van der Waals surface area contributed by atoms with E-state index in [0.717, 1.165) is 0 Å². The van der Waals surface area contributed by atoms with E-state index in [4.69, 9.17) is 5.11 Å². The van der Waals surface area contributed by atoms with Crippen LogP contribution in [0.3, 0.4) is 0 Å². The Morgan fingerprint density at radius 1 is 1.25 bits per heavy atom. The normalized spacial score (nSPS) is 24.8. The van der Waals surface area contributed by atoms with Crippen LogP contribution in [0.4, 0.5) is 18.0 Å². The van der Waals surface area contributed by atoms with Gasteiger partial charge in [-0.2, -0.15) is 13.2 Å². The third kappa shape index (κ3) is 4.90. The molecule has 0 bridgehead atoms. The fourth-order valence-electron chi connectivity index (χ4n) is 2.29. The molecule has 0 aromatic rings. The largest absolute Gasteiger partial charge is 0.481 e. The third-order valence-corrected chi connectivity index (χ3v) is 3.52. The van der Waals surface area contributed by atoms with Crippen molar-refractivity contribution in [2.75, 3.05) is 0 Å². The number of hydrogen-bond acceptors (Lipinski definition) is 2.